The van der Waals surface area contributed by atoms with Gasteiger partial charge in [0.2, 0.25) is 11.8 Å². The number of rotatable bonds is 7. The predicted molar refractivity (Wildman–Crippen MR) is 132 cm³/mol. The summed E-state index contributed by atoms with van der Waals surface area (Å²) in [5, 5.41) is 7.63. The molecule has 1 saturated carbocycles. The third-order valence-corrected chi connectivity index (χ3v) is 6.34. The second kappa shape index (κ2) is 8.56. The number of aromatic nitrogens is 5. The number of ketones is 1. The second-order valence-corrected chi connectivity index (χ2v) is 8.98. The number of Topliss-reactive ketones (excluding diaryl/α,β-unsaturated/α-hetero) is 1. The Morgan fingerprint density at radius 3 is 2.64 bits per heavy atom. The molecule has 36 heavy (non-hydrogen) atoms. The molecule has 6 rings (SSSR count). The number of anilines is 1. The van der Waals surface area contributed by atoms with Gasteiger partial charge in [0.25, 0.3) is 5.56 Å². The van der Waals surface area contributed by atoms with Gasteiger partial charge in [0, 0.05) is 22.6 Å². The Labute approximate surface area is 204 Å². The highest BCUT2D eigenvalue weighted by Gasteiger charge is 2.29. The van der Waals surface area contributed by atoms with Crippen molar-refractivity contribution in [2.45, 2.75) is 38.8 Å². The number of para-hydroxylation sites is 1. The van der Waals surface area contributed by atoms with Crippen LogP contribution in [-0.4, -0.2) is 35.9 Å². The number of carbonyl (C=O) groups excluding carboxylic acids is 2. The molecule has 1 aliphatic rings. The lowest BCUT2D eigenvalue weighted by molar-refractivity contribution is -0.116. The van der Waals surface area contributed by atoms with Crippen LogP contribution in [0.25, 0.3) is 21.9 Å². The molecule has 3 heterocycles. The van der Waals surface area contributed by atoms with Crippen molar-refractivity contribution in [2.24, 2.45) is 0 Å². The maximum Gasteiger partial charge on any atom is 0.278 e. The summed E-state index contributed by atoms with van der Waals surface area (Å²) >= 11 is 0. The molecule has 1 amide bonds. The van der Waals surface area contributed by atoms with E-state index < -0.39 is 0 Å². The smallest absolute Gasteiger partial charge is 0.278 e. The van der Waals surface area contributed by atoms with E-state index in [-0.39, 0.29) is 30.3 Å². The largest absolute Gasteiger partial charge is 0.337 e. The fourth-order valence-electron chi connectivity index (χ4n) is 4.34. The zero-order chi connectivity index (χ0) is 24.8. The maximum absolute atomic E-state index is 13.6. The van der Waals surface area contributed by atoms with Crippen molar-refractivity contribution >= 4 is 39.3 Å². The van der Waals surface area contributed by atoms with Crippen molar-refractivity contribution in [2.75, 3.05) is 5.32 Å². The summed E-state index contributed by atoms with van der Waals surface area (Å²) in [4.78, 5) is 47.0. The van der Waals surface area contributed by atoms with Crippen LogP contribution in [0.15, 0.2) is 64.2 Å². The highest BCUT2D eigenvalue weighted by molar-refractivity contribution is 6.06. The van der Waals surface area contributed by atoms with Gasteiger partial charge in [-0.05, 0) is 50.1 Å². The molecule has 10 nitrogen and oxygen atoms in total. The van der Waals surface area contributed by atoms with E-state index in [0.29, 0.717) is 39.9 Å². The van der Waals surface area contributed by atoms with Gasteiger partial charge in [-0.2, -0.15) is 4.98 Å². The molecule has 0 saturated heterocycles. The maximum atomic E-state index is 13.6. The van der Waals surface area contributed by atoms with Crippen LogP contribution in [-0.2, 0) is 17.9 Å². The number of benzene rings is 2. The van der Waals surface area contributed by atoms with Crippen molar-refractivity contribution in [1.82, 2.24) is 24.3 Å². The molecule has 5 aromatic rings. The Morgan fingerprint density at radius 1 is 1.11 bits per heavy atom. The topological polar surface area (TPSA) is 125 Å². The molecule has 1 N–H and O–H groups in total. The lowest BCUT2D eigenvalue weighted by atomic mass is 10.1. The van der Waals surface area contributed by atoms with E-state index in [0.717, 1.165) is 23.7 Å². The van der Waals surface area contributed by atoms with Gasteiger partial charge < -0.3 is 14.4 Å². The summed E-state index contributed by atoms with van der Waals surface area (Å²) in [5.41, 5.74) is 2.39. The quantitative estimate of drug-likeness (QED) is 0.352. The fraction of sp³-hybridized carbons (Fsp3) is 0.231. The molecule has 1 fully saturated rings. The minimum atomic E-state index is -0.311. The monoisotopic (exact) mass is 482 g/mol. The fourth-order valence-corrected chi connectivity index (χ4v) is 4.34. The number of amides is 1. The number of nitrogens with zero attached hydrogens (tertiary/aromatic N) is 5. The summed E-state index contributed by atoms with van der Waals surface area (Å²) in [6.07, 6.45) is 3.57. The average Bonchev–Trinajstić information content (AvgIpc) is 3.54. The van der Waals surface area contributed by atoms with Gasteiger partial charge in [0.1, 0.15) is 24.1 Å². The number of fused-ring (bicyclic) bond motifs is 3. The van der Waals surface area contributed by atoms with Gasteiger partial charge in [0.05, 0.1) is 11.8 Å². The van der Waals surface area contributed by atoms with Gasteiger partial charge in [-0.15, -0.1) is 0 Å². The Kier molecular flexibility index (Phi) is 5.21. The van der Waals surface area contributed by atoms with Gasteiger partial charge >= 0.3 is 0 Å². The summed E-state index contributed by atoms with van der Waals surface area (Å²) in [6, 6.07) is 14.1. The van der Waals surface area contributed by atoms with Crippen molar-refractivity contribution < 1.29 is 14.1 Å². The highest BCUT2D eigenvalue weighted by atomic mass is 16.5. The Morgan fingerprint density at radius 2 is 1.89 bits per heavy atom. The normalized spacial score (nSPS) is 13.4. The lowest BCUT2D eigenvalue weighted by Crippen LogP contribution is -2.25. The first-order chi connectivity index (χ1) is 17.5. The van der Waals surface area contributed by atoms with Gasteiger partial charge in [-0.25, -0.2) is 4.98 Å². The van der Waals surface area contributed by atoms with E-state index in [1.165, 1.54) is 17.8 Å². The Bertz CT molecular complexity index is 1690. The second-order valence-electron chi connectivity index (χ2n) is 8.98. The molecule has 3 aromatic heterocycles. The number of nitrogens with one attached hydrogen (secondary N) is 1. The summed E-state index contributed by atoms with van der Waals surface area (Å²) in [7, 11) is 0. The highest BCUT2D eigenvalue weighted by Crippen LogP contribution is 2.38. The summed E-state index contributed by atoms with van der Waals surface area (Å²) < 4.78 is 8.44. The molecule has 0 radical (unpaired) electrons. The van der Waals surface area contributed by atoms with E-state index in [1.807, 2.05) is 24.3 Å². The van der Waals surface area contributed by atoms with Crippen molar-refractivity contribution in [3.63, 3.8) is 0 Å². The lowest BCUT2D eigenvalue weighted by Gasteiger charge is -2.09. The Balaban J connectivity index is 1.35. The van der Waals surface area contributed by atoms with Gasteiger partial charge in [-0.1, -0.05) is 23.4 Å². The van der Waals surface area contributed by atoms with Gasteiger partial charge in [0.15, 0.2) is 11.6 Å². The minimum absolute atomic E-state index is 0.0498. The molecule has 2 aromatic carbocycles. The molecule has 0 spiro atoms. The van der Waals surface area contributed by atoms with E-state index in [4.69, 9.17) is 4.52 Å². The molecule has 1 aliphatic carbocycles. The van der Waals surface area contributed by atoms with Crippen LogP contribution in [0.4, 0.5) is 5.69 Å². The van der Waals surface area contributed by atoms with Crippen molar-refractivity contribution in [1.29, 1.82) is 0 Å². The first-order valence-electron chi connectivity index (χ1n) is 11.7. The van der Waals surface area contributed by atoms with Crippen LogP contribution in [0.3, 0.4) is 0 Å². The summed E-state index contributed by atoms with van der Waals surface area (Å²) in [6.45, 7) is 1.49. The van der Waals surface area contributed by atoms with Crippen molar-refractivity contribution in [3.05, 3.63) is 82.5 Å². The van der Waals surface area contributed by atoms with Gasteiger partial charge in [-0.3, -0.25) is 19.0 Å². The van der Waals surface area contributed by atoms with E-state index in [2.05, 4.69) is 20.4 Å². The Hall–Kier alpha value is -4.60. The third kappa shape index (κ3) is 3.96. The van der Waals surface area contributed by atoms with Crippen LogP contribution >= 0.6 is 0 Å². The van der Waals surface area contributed by atoms with Crippen LogP contribution in [0, 0.1) is 0 Å². The first-order valence-corrected chi connectivity index (χ1v) is 11.7. The van der Waals surface area contributed by atoms with Crippen molar-refractivity contribution in [3.8, 4) is 0 Å². The van der Waals surface area contributed by atoms with Crippen LogP contribution in [0.1, 0.15) is 47.8 Å². The minimum Gasteiger partial charge on any atom is -0.337 e. The molecule has 10 heteroatoms. The molecule has 0 atom stereocenters. The van der Waals surface area contributed by atoms with E-state index >= 15 is 0 Å². The molecule has 0 aliphatic heterocycles. The first kappa shape index (κ1) is 21.9. The SMILES string of the molecule is CC(=O)c1ccc(NC(=O)Cn2c3ccccc3c3ncn(Cc4nc(C5CC5)no4)c(=O)c32)cc1. The number of hydrogen-bond acceptors (Lipinski definition) is 7. The van der Waals surface area contributed by atoms with Crippen LogP contribution in [0.2, 0.25) is 0 Å². The number of carbonyl (C=O) groups is 2. The molecular weight excluding hydrogens is 460 g/mol. The van der Waals surface area contributed by atoms with E-state index in [1.54, 1.807) is 28.8 Å². The molecule has 0 bridgehead atoms. The van der Waals surface area contributed by atoms with E-state index in [9.17, 15) is 14.4 Å². The standard InChI is InChI=1S/C26H22N6O4/c1-15(33)16-8-10-18(11-9-16)28-21(34)12-32-20-5-3-2-4-19(20)23-24(32)26(35)31(14-27-23)13-22-29-25(30-36-22)17-6-7-17/h2-5,8-11,14,17H,6-7,12-13H2,1H3,(H,28,34). The molecule has 0 unspecified atom stereocenters. The summed E-state index contributed by atoms with van der Waals surface area (Å²) in [5.74, 6) is 1.00. The average molecular weight is 483 g/mol. The third-order valence-electron chi connectivity index (χ3n) is 6.34. The molecular formula is C26H22N6O4. The zero-order valence-corrected chi connectivity index (χ0v) is 19.5. The number of hydrogen-bond donors (Lipinski definition) is 1. The molecule has 180 valence electrons. The predicted octanol–water partition coefficient (Wildman–Crippen LogP) is 3.50. The zero-order valence-electron chi connectivity index (χ0n) is 19.5. The van der Waals surface area contributed by atoms with Crippen LogP contribution in [0.5, 0.6) is 0 Å². The van der Waals surface area contributed by atoms with Crippen LogP contribution < -0.4 is 10.9 Å².